The van der Waals surface area contributed by atoms with Gasteiger partial charge in [0.05, 0.1) is 11.9 Å². The molecule has 8 nitrogen and oxygen atoms in total. The van der Waals surface area contributed by atoms with E-state index in [-0.39, 0.29) is 60.0 Å². The zero-order valence-corrected chi connectivity index (χ0v) is 26.1. The van der Waals surface area contributed by atoms with Gasteiger partial charge in [-0.25, -0.2) is 0 Å². The molecule has 9 heteroatoms. The minimum atomic E-state index is -1.37. The number of carbonyl (C=O) groups excluding carboxylic acids is 4. The van der Waals surface area contributed by atoms with Gasteiger partial charge in [0.25, 0.3) is 11.8 Å². The third-order valence-corrected chi connectivity index (χ3v) is 6.86. The summed E-state index contributed by atoms with van der Waals surface area (Å²) in [5.41, 5.74) is 1.18. The van der Waals surface area contributed by atoms with Crippen molar-refractivity contribution in [2.75, 3.05) is 10.6 Å². The standard InChI is InChI=1S/2C18H13NO3.Ca/c2*20-17(14-9-3-4-10-15(14)18(21)22)19-16-11-5-7-12-6-1-2-8-13(12)16;/h2*1-11H,(H,19,20)(H,21,22);/q;;+2/p-2. The summed E-state index contributed by atoms with van der Waals surface area (Å²) in [6.45, 7) is 0. The summed E-state index contributed by atoms with van der Waals surface area (Å²) in [7, 11) is 0. The van der Waals surface area contributed by atoms with Crippen LogP contribution < -0.4 is 20.8 Å². The smallest absolute Gasteiger partial charge is 0.545 e. The maximum atomic E-state index is 12.4. The van der Waals surface area contributed by atoms with Gasteiger partial charge in [-0.1, -0.05) is 109 Å². The quantitative estimate of drug-likeness (QED) is 0.263. The molecule has 2 amide bonds. The van der Waals surface area contributed by atoms with E-state index in [1.807, 2.05) is 72.8 Å². The van der Waals surface area contributed by atoms with E-state index >= 15 is 0 Å². The molecule has 6 aromatic carbocycles. The second-order valence-electron chi connectivity index (χ2n) is 9.63. The van der Waals surface area contributed by atoms with Crippen molar-refractivity contribution in [3.05, 3.63) is 156 Å². The number of amides is 2. The first-order valence-corrected chi connectivity index (χ1v) is 13.5. The number of rotatable bonds is 6. The predicted octanol–water partition coefficient (Wildman–Crippen LogP) is 4.53. The number of hydrogen-bond donors (Lipinski definition) is 2. The van der Waals surface area contributed by atoms with Crippen LogP contribution in [-0.4, -0.2) is 61.5 Å². The van der Waals surface area contributed by atoms with Gasteiger partial charge in [0.2, 0.25) is 0 Å². The molecule has 45 heavy (non-hydrogen) atoms. The van der Waals surface area contributed by atoms with Crippen LogP contribution in [0.1, 0.15) is 41.4 Å². The molecule has 0 bridgehead atoms. The average Bonchev–Trinajstić information content (AvgIpc) is 3.05. The van der Waals surface area contributed by atoms with Crippen LogP contribution in [0.15, 0.2) is 133 Å². The monoisotopic (exact) mass is 620 g/mol. The third-order valence-electron chi connectivity index (χ3n) is 6.86. The van der Waals surface area contributed by atoms with Crippen LogP contribution in [0.4, 0.5) is 11.4 Å². The summed E-state index contributed by atoms with van der Waals surface area (Å²) in [4.78, 5) is 47.0. The Bertz CT molecular complexity index is 1880. The van der Waals surface area contributed by atoms with E-state index < -0.39 is 23.8 Å². The van der Waals surface area contributed by atoms with E-state index in [1.54, 1.807) is 36.4 Å². The molecule has 0 unspecified atom stereocenters. The predicted molar refractivity (Wildman–Crippen MR) is 171 cm³/mol. The van der Waals surface area contributed by atoms with Gasteiger partial charge in [-0.2, -0.15) is 0 Å². The van der Waals surface area contributed by atoms with Gasteiger partial charge in [-0.05, 0) is 35.0 Å². The molecule has 0 fully saturated rings. The number of aromatic carboxylic acids is 2. The Labute approximate surface area is 288 Å². The number of benzene rings is 6. The fraction of sp³-hybridized carbons (Fsp3) is 0. The minimum absolute atomic E-state index is 0. The molecule has 0 aromatic heterocycles. The maximum Gasteiger partial charge on any atom is 2.00 e. The molecule has 0 spiro atoms. The summed E-state index contributed by atoms with van der Waals surface area (Å²) in [5.74, 6) is -3.69. The van der Waals surface area contributed by atoms with Crippen molar-refractivity contribution in [1.29, 1.82) is 0 Å². The molecular formula is C36H24CaN2O6. The fourth-order valence-corrected chi connectivity index (χ4v) is 4.77. The number of hydrogen-bond acceptors (Lipinski definition) is 6. The average molecular weight is 621 g/mol. The summed E-state index contributed by atoms with van der Waals surface area (Å²) < 4.78 is 0. The zero-order chi connectivity index (χ0) is 31.1. The first-order chi connectivity index (χ1) is 21.3. The van der Waals surface area contributed by atoms with Gasteiger partial charge in [0, 0.05) is 44.4 Å². The molecule has 0 heterocycles. The molecule has 6 aromatic rings. The molecule has 0 atom stereocenters. The number of carboxylic acids is 2. The molecule has 0 aliphatic carbocycles. The molecule has 0 saturated carbocycles. The van der Waals surface area contributed by atoms with E-state index in [1.165, 1.54) is 24.3 Å². The fourth-order valence-electron chi connectivity index (χ4n) is 4.77. The summed E-state index contributed by atoms with van der Waals surface area (Å²) >= 11 is 0. The topological polar surface area (TPSA) is 138 Å². The van der Waals surface area contributed by atoms with Crippen LogP contribution in [0, 0.1) is 0 Å². The van der Waals surface area contributed by atoms with Crippen molar-refractivity contribution in [3.63, 3.8) is 0 Å². The number of nitrogens with one attached hydrogen (secondary N) is 2. The molecular weight excluding hydrogens is 596 g/mol. The van der Waals surface area contributed by atoms with Crippen molar-refractivity contribution >= 4 is 94.4 Å². The normalized spacial score (nSPS) is 10.1. The number of carboxylic acid groups (broad SMARTS) is 2. The maximum absolute atomic E-state index is 12.4. The molecule has 0 aliphatic heterocycles. The van der Waals surface area contributed by atoms with Crippen molar-refractivity contribution in [1.82, 2.24) is 0 Å². The molecule has 6 rings (SSSR count). The van der Waals surface area contributed by atoms with E-state index in [0.29, 0.717) is 11.4 Å². The Hall–Kier alpha value is -5.02. The van der Waals surface area contributed by atoms with Crippen LogP contribution in [0.3, 0.4) is 0 Å². The SMILES string of the molecule is O=C([O-])c1ccccc1C(=O)Nc1cccc2ccccc12.O=C([O-])c1ccccc1C(=O)Nc1cccc2ccccc12.[Ca+2]. The molecule has 0 radical (unpaired) electrons. The third kappa shape index (κ3) is 7.74. The zero-order valence-electron chi connectivity index (χ0n) is 23.9. The molecule has 0 saturated heterocycles. The van der Waals surface area contributed by atoms with Crippen molar-refractivity contribution in [2.45, 2.75) is 0 Å². The first kappa shape index (κ1) is 32.9. The second-order valence-corrected chi connectivity index (χ2v) is 9.63. The molecule has 216 valence electrons. The van der Waals surface area contributed by atoms with Crippen molar-refractivity contribution < 1.29 is 29.4 Å². The van der Waals surface area contributed by atoms with Gasteiger partial charge in [0.1, 0.15) is 0 Å². The minimum Gasteiger partial charge on any atom is -0.545 e. The van der Waals surface area contributed by atoms with Crippen LogP contribution in [0.25, 0.3) is 21.5 Å². The van der Waals surface area contributed by atoms with Gasteiger partial charge in [-0.3, -0.25) is 9.59 Å². The number of carbonyl (C=O) groups is 4. The Morgan fingerprint density at radius 2 is 0.711 bits per heavy atom. The Balaban J connectivity index is 0.000000200. The first-order valence-electron chi connectivity index (χ1n) is 13.5. The summed E-state index contributed by atoms with van der Waals surface area (Å²) in [6.07, 6.45) is 0. The Kier molecular flexibility index (Phi) is 11.0. The van der Waals surface area contributed by atoms with E-state index in [4.69, 9.17) is 0 Å². The van der Waals surface area contributed by atoms with Crippen LogP contribution in [-0.2, 0) is 0 Å². The van der Waals surface area contributed by atoms with Crippen molar-refractivity contribution in [3.8, 4) is 0 Å². The van der Waals surface area contributed by atoms with Gasteiger partial charge in [-0.15, -0.1) is 0 Å². The molecule has 2 N–H and O–H groups in total. The summed E-state index contributed by atoms with van der Waals surface area (Å²) in [5, 5.41) is 31.5. The second kappa shape index (κ2) is 15.1. The van der Waals surface area contributed by atoms with Gasteiger partial charge >= 0.3 is 37.7 Å². The van der Waals surface area contributed by atoms with E-state index in [0.717, 1.165) is 21.5 Å². The summed E-state index contributed by atoms with van der Waals surface area (Å²) in [6, 6.07) is 38.4. The number of anilines is 2. The Morgan fingerprint density at radius 1 is 0.400 bits per heavy atom. The van der Waals surface area contributed by atoms with Crippen LogP contribution >= 0.6 is 0 Å². The number of fused-ring (bicyclic) bond motifs is 2. The van der Waals surface area contributed by atoms with Crippen molar-refractivity contribution in [2.24, 2.45) is 0 Å². The van der Waals surface area contributed by atoms with Gasteiger partial charge < -0.3 is 30.4 Å². The molecule has 0 aliphatic rings. The van der Waals surface area contributed by atoms with E-state index in [9.17, 15) is 29.4 Å². The Morgan fingerprint density at radius 3 is 1.09 bits per heavy atom. The van der Waals surface area contributed by atoms with E-state index in [2.05, 4.69) is 10.6 Å². The largest absolute Gasteiger partial charge is 2.00 e. The van der Waals surface area contributed by atoms with Gasteiger partial charge in [0.15, 0.2) is 0 Å². The van der Waals surface area contributed by atoms with Crippen LogP contribution in [0.2, 0.25) is 0 Å². The van der Waals surface area contributed by atoms with Crippen LogP contribution in [0.5, 0.6) is 0 Å².